The molecular formula is C24H15Br2N3O. The number of para-hydroxylation sites is 1. The van der Waals surface area contributed by atoms with Crippen LogP contribution in [0.15, 0.2) is 86.5 Å². The van der Waals surface area contributed by atoms with E-state index in [-0.39, 0.29) is 5.56 Å². The third-order valence-electron chi connectivity index (χ3n) is 5.08. The Morgan fingerprint density at radius 2 is 1.43 bits per heavy atom. The van der Waals surface area contributed by atoms with Gasteiger partial charge in [-0.25, -0.2) is 9.97 Å². The van der Waals surface area contributed by atoms with Gasteiger partial charge >= 0.3 is 0 Å². The summed E-state index contributed by atoms with van der Waals surface area (Å²) in [5, 5.41) is 1.38. The molecule has 4 nitrogen and oxygen atoms in total. The largest absolute Gasteiger partial charge is 0.268 e. The van der Waals surface area contributed by atoms with E-state index in [0.717, 1.165) is 31.1 Å². The molecule has 0 amide bonds. The number of aromatic nitrogens is 3. The summed E-state index contributed by atoms with van der Waals surface area (Å²) >= 11 is 6.93. The van der Waals surface area contributed by atoms with Crippen molar-refractivity contribution in [1.29, 1.82) is 0 Å². The van der Waals surface area contributed by atoms with E-state index in [4.69, 9.17) is 9.97 Å². The van der Waals surface area contributed by atoms with Crippen LogP contribution in [0.4, 0.5) is 0 Å². The van der Waals surface area contributed by atoms with Crippen LogP contribution in [0.3, 0.4) is 0 Å². The highest BCUT2D eigenvalue weighted by molar-refractivity contribution is 9.10. The Bertz CT molecular complexity index is 1470. The first kappa shape index (κ1) is 19.2. The van der Waals surface area contributed by atoms with E-state index in [2.05, 4.69) is 31.9 Å². The van der Waals surface area contributed by atoms with Crippen molar-refractivity contribution in [1.82, 2.24) is 14.5 Å². The first-order chi connectivity index (χ1) is 14.5. The molecule has 0 radical (unpaired) electrons. The lowest BCUT2D eigenvalue weighted by molar-refractivity contribution is 0.895. The molecule has 5 rings (SSSR count). The van der Waals surface area contributed by atoms with Gasteiger partial charge in [0.1, 0.15) is 11.3 Å². The van der Waals surface area contributed by atoms with Crippen molar-refractivity contribution >= 4 is 53.7 Å². The van der Waals surface area contributed by atoms with E-state index in [1.54, 1.807) is 4.57 Å². The van der Waals surface area contributed by atoms with Crippen molar-refractivity contribution in [3.63, 3.8) is 0 Å². The van der Waals surface area contributed by atoms with Gasteiger partial charge in [-0.1, -0.05) is 62.2 Å². The molecule has 5 aromatic rings. The highest BCUT2D eigenvalue weighted by Gasteiger charge is 2.18. The van der Waals surface area contributed by atoms with E-state index in [0.29, 0.717) is 22.4 Å². The van der Waals surface area contributed by atoms with Gasteiger partial charge in [0.25, 0.3) is 5.56 Å². The van der Waals surface area contributed by atoms with Crippen LogP contribution >= 0.6 is 31.9 Å². The number of rotatable bonds is 2. The molecule has 0 spiro atoms. The van der Waals surface area contributed by atoms with Crippen molar-refractivity contribution in [2.75, 3.05) is 0 Å². The number of pyridine rings is 1. The highest BCUT2D eigenvalue weighted by Crippen LogP contribution is 2.31. The minimum absolute atomic E-state index is 0.100. The lowest BCUT2D eigenvalue weighted by Gasteiger charge is -2.14. The second kappa shape index (κ2) is 7.45. The number of hydrogen-bond acceptors (Lipinski definition) is 3. The van der Waals surface area contributed by atoms with Crippen LogP contribution in [0.1, 0.15) is 5.82 Å². The molecule has 0 fully saturated rings. The summed E-state index contributed by atoms with van der Waals surface area (Å²) in [5.74, 6) is 0.616. The Morgan fingerprint density at radius 3 is 2.13 bits per heavy atom. The fraction of sp³-hybridized carbons (Fsp3) is 0.0417. The molecule has 0 unspecified atom stereocenters. The Kier molecular flexibility index (Phi) is 4.76. The van der Waals surface area contributed by atoms with Gasteiger partial charge < -0.3 is 0 Å². The SMILES string of the molecule is Cc1nc2c(-c3ccc(Br)cc3)nc3ccccc3c2c(=O)n1-c1ccc(Br)cc1. The maximum atomic E-state index is 13.8. The summed E-state index contributed by atoms with van der Waals surface area (Å²) in [6.07, 6.45) is 0. The molecule has 2 heterocycles. The third-order valence-corrected chi connectivity index (χ3v) is 6.14. The fourth-order valence-electron chi connectivity index (χ4n) is 3.70. The monoisotopic (exact) mass is 519 g/mol. The number of nitrogens with zero attached hydrogens (tertiary/aromatic N) is 3. The maximum absolute atomic E-state index is 13.8. The highest BCUT2D eigenvalue weighted by atomic mass is 79.9. The number of benzene rings is 3. The summed E-state index contributed by atoms with van der Waals surface area (Å²) < 4.78 is 3.60. The first-order valence-corrected chi connectivity index (χ1v) is 11.0. The zero-order valence-electron chi connectivity index (χ0n) is 15.9. The molecule has 0 bridgehead atoms. The summed E-state index contributed by atoms with van der Waals surface area (Å²) in [6, 6.07) is 23.3. The number of fused-ring (bicyclic) bond motifs is 3. The van der Waals surface area contributed by atoms with Gasteiger partial charge in [-0.15, -0.1) is 0 Å². The molecule has 30 heavy (non-hydrogen) atoms. The molecule has 3 aromatic carbocycles. The molecule has 0 atom stereocenters. The molecule has 0 saturated heterocycles. The van der Waals surface area contributed by atoms with E-state index in [9.17, 15) is 4.79 Å². The first-order valence-electron chi connectivity index (χ1n) is 9.37. The van der Waals surface area contributed by atoms with Gasteiger partial charge in [-0.05, 0) is 49.4 Å². The van der Waals surface area contributed by atoms with Crippen LogP contribution in [-0.4, -0.2) is 14.5 Å². The zero-order chi connectivity index (χ0) is 20.8. The van der Waals surface area contributed by atoms with Crippen LogP contribution < -0.4 is 5.56 Å². The normalized spacial score (nSPS) is 11.3. The zero-order valence-corrected chi connectivity index (χ0v) is 19.1. The Hall–Kier alpha value is -2.83. The Labute approximate surface area is 189 Å². The molecule has 0 N–H and O–H groups in total. The van der Waals surface area contributed by atoms with Crippen molar-refractivity contribution < 1.29 is 0 Å². The van der Waals surface area contributed by atoms with Gasteiger partial charge in [0, 0.05) is 19.9 Å². The van der Waals surface area contributed by atoms with Crippen LogP contribution in [0.25, 0.3) is 38.8 Å². The number of hydrogen-bond donors (Lipinski definition) is 0. The Balaban J connectivity index is 1.93. The average molecular weight is 521 g/mol. The van der Waals surface area contributed by atoms with Crippen molar-refractivity contribution in [2.24, 2.45) is 0 Å². The maximum Gasteiger partial charge on any atom is 0.266 e. The molecule has 0 saturated carbocycles. The standard InChI is InChI=1S/C24H15Br2N3O/c1-14-27-23-21(24(30)29(14)18-12-10-17(26)11-13-18)19-4-2-3-5-20(19)28-22(23)15-6-8-16(25)9-7-15/h2-13H,1H3. The van der Waals surface area contributed by atoms with Crippen LogP contribution in [0, 0.1) is 6.92 Å². The molecule has 6 heteroatoms. The molecular weight excluding hydrogens is 506 g/mol. The lowest BCUT2D eigenvalue weighted by Crippen LogP contribution is -2.23. The van der Waals surface area contributed by atoms with Crippen LogP contribution in [-0.2, 0) is 0 Å². The number of aryl methyl sites for hydroxylation is 1. The summed E-state index contributed by atoms with van der Waals surface area (Å²) in [5.41, 5.74) is 3.69. The molecule has 146 valence electrons. The lowest BCUT2D eigenvalue weighted by atomic mass is 10.0. The second-order valence-corrected chi connectivity index (χ2v) is 8.82. The number of halogens is 2. The molecule has 0 aliphatic carbocycles. The van der Waals surface area contributed by atoms with Gasteiger partial charge in [-0.3, -0.25) is 9.36 Å². The average Bonchev–Trinajstić information content (AvgIpc) is 2.75. The van der Waals surface area contributed by atoms with Gasteiger partial charge in [0.15, 0.2) is 0 Å². The third kappa shape index (κ3) is 3.16. The second-order valence-electron chi connectivity index (χ2n) is 6.98. The Morgan fingerprint density at radius 1 is 0.800 bits per heavy atom. The van der Waals surface area contributed by atoms with E-state index < -0.39 is 0 Å². The topological polar surface area (TPSA) is 47.8 Å². The molecule has 0 aliphatic heterocycles. The van der Waals surface area contributed by atoms with Gasteiger partial charge in [0.2, 0.25) is 0 Å². The van der Waals surface area contributed by atoms with E-state index in [1.165, 1.54) is 0 Å². The minimum Gasteiger partial charge on any atom is -0.268 e. The van der Waals surface area contributed by atoms with Crippen molar-refractivity contribution in [3.05, 3.63) is 97.9 Å². The summed E-state index contributed by atoms with van der Waals surface area (Å²) in [6.45, 7) is 1.85. The predicted molar refractivity (Wildman–Crippen MR) is 128 cm³/mol. The summed E-state index contributed by atoms with van der Waals surface area (Å²) in [4.78, 5) is 23.5. The van der Waals surface area contributed by atoms with E-state index >= 15 is 0 Å². The smallest absolute Gasteiger partial charge is 0.266 e. The predicted octanol–water partition coefficient (Wildman–Crippen LogP) is 6.43. The van der Waals surface area contributed by atoms with Crippen molar-refractivity contribution in [2.45, 2.75) is 6.92 Å². The van der Waals surface area contributed by atoms with Crippen LogP contribution in [0.5, 0.6) is 0 Å². The van der Waals surface area contributed by atoms with Gasteiger partial charge in [0.05, 0.1) is 22.3 Å². The van der Waals surface area contributed by atoms with E-state index in [1.807, 2.05) is 79.7 Å². The van der Waals surface area contributed by atoms with Gasteiger partial charge in [-0.2, -0.15) is 0 Å². The fourth-order valence-corrected chi connectivity index (χ4v) is 4.23. The minimum atomic E-state index is -0.100. The molecule has 2 aromatic heterocycles. The van der Waals surface area contributed by atoms with Crippen LogP contribution in [0.2, 0.25) is 0 Å². The quantitative estimate of drug-likeness (QED) is 0.252. The van der Waals surface area contributed by atoms with Crippen molar-refractivity contribution in [3.8, 4) is 16.9 Å². The molecule has 0 aliphatic rings. The summed E-state index contributed by atoms with van der Waals surface area (Å²) in [7, 11) is 0.